The molecule has 8 aromatic rings. The Labute approximate surface area is 447 Å². The van der Waals surface area contributed by atoms with Gasteiger partial charge >= 0.3 is 0 Å². The molecule has 0 fully saturated rings. The van der Waals surface area contributed by atoms with Gasteiger partial charge in [0.15, 0.2) is 7.28 Å². The van der Waals surface area contributed by atoms with E-state index in [0.717, 1.165) is 12.8 Å². The van der Waals surface area contributed by atoms with Crippen LogP contribution in [0.3, 0.4) is 0 Å². The molecule has 1 N–H and O–H groups in total. The van der Waals surface area contributed by atoms with E-state index in [-0.39, 0.29) is 37.9 Å². The van der Waals surface area contributed by atoms with Crippen LogP contribution in [0.25, 0.3) is 42.4 Å². The largest absolute Gasteiger partial charge is 0.355 e. The van der Waals surface area contributed by atoms with Gasteiger partial charge in [0.25, 0.3) is 0 Å². The summed E-state index contributed by atoms with van der Waals surface area (Å²) in [5.74, 6) is 0. The van der Waals surface area contributed by atoms with Crippen molar-refractivity contribution in [1.29, 1.82) is 0 Å². The number of rotatable bonds is 4. The summed E-state index contributed by atoms with van der Waals surface area (Å²) in [6.45, 7) is 36.9. The Hall–Kier alpha value is -5.58. The first-order chi connectivity index (χ1) is 34.8. The van der Waals surface area contributed by atoms with Crippen LogP contribution >= 0.6 is 11.3 Å². The van der Waals surface area contributed by atoms with Crippen molar-refractivity contribution in [3.05, 3.63) is 159 Å². The van der Waals surface area contributed by atoms with Gasteiger partial charge in [0.05, 0.1) is 0 Å². The van der Waals surface area contributed by atoms with E-state index in [2.05, 4.69) is 231 Å². The number of fused-ring (bicyclic) bond motifs is 11. The fourth-order valence-corrected chi connectivity index (χ4v) is 16.0. The molecule has 1 aliphatic heterocycles. The SMILES string of the molecule is Cc1cc2c(cc1N1c3cc4c(cc3[B]c3c1cc1sc5ccccc5c1c3-c1cc3c(cc1Nc1ccc5c(c1)C(C)(C)CCC5(C)C)C(C)(C)CCC3(C)C)-c1ccccc1C4(C)C)C(C)(C)CCC2(C)C. The van der Waals surface area contributed by atoms with Crippen LogP contribution in [-0.2, 0) is 37.9 Å². The molecule has 4 heteroatoms. The summed E-state index contributed by atoms with van der Waals surface area (Å²) in [6.07, 6.45) is 7.06. The van der Waals surface area contributed by atoms with Gasteiger partial charge in [0, 0.05) is 59.6 Å². The fraction of sp³-hybridized carbons (Fsp3) is 0.400. The number of nitrogens with zero attached hydrogens (tertiary/aromatic N) is 1. The van der Waals surface area contributed by atoms with Crippen molar-refractivity contribution in [2.75, 3.05) is 10.2 Å². The summed E-state index contributed by atoms with van der Waals surface area (Å²) in [5, 5.41) is 6.95. The van der Waals surface area contributed by atoms with Gasteiger partial charge in [0.2, 0.25) is 0 Å². The summed E-state index contributed by atoms with van der Waals surface area (Å²) in [5.41, 5.74) is 27.4. The van der Waals surface area contributed by atoms with Crippen LogP contribution in [-0.4, -0.2) is 7.28 Å². The molecule has 0 bridgehead atoms. The minimum Gasteiger partial charge on any atom is -0.355 e. The van der Waals surface area contributed by atoms with Crippen LogP contribution in [0.15, 0.2) is 109 Å². The molecule has 0 saturated carbocycles. The molecule has 1 radical (unpaired) electrons. The summed E-state index contributed by atoms with van der Waals surface area (Å²) in [4.78, 5) is 2.72. The highest BCUT2D eigenvalue weighted by Gasteiger charge is 2.44. The zero-order valence-electron chi connectivity index (χ0n) is 47.1. The summed E-state index contributed by atoms with van der Waals surface area (Å²) in [7, 11) is 2.60. The molecule has 0 atom stereocenters. The smallest absolute Gasteiger partial charge is 0.197 e. The number of benzene rings is 7. The molecule has 0 amide bonds. The lowest BCUT2D eigenvalue weighted by Crippen LogP contribution is -2.42. The van der Waals surface area contributed by atoms with Crippen LogP contribution < -0.4 is 21.1 Å². The first-order valence-corrected chi connectivity index (χ1v) is 28.8. The molecule has 0 saturated heterocycles. The summed E-state index contributed by atoms with van der Waals surface area (Å²) < 4.78 is 2.66. The lowest BCUT2D eigenvalue weighted by molar-refractivity contribution is 0.332. The predicted molar refractivity (Wildman–Crippen MR) is 322 cm³/mol. The Morgan fingerprint density at radius 3 is 1.68 bits per heavy atom. The number of hydrogen-bond acceptors (Lipinski definition) is 3. The average molecular weight is 988 g/mol. The molecule has 13 rings (SSSR count). The fourth-order valence-electron chi connectivity index (χ4n) is 14.8. The van der Waals surface area contributed by atoms with Crippen molar-refractivity contribution in [3.8, 4) is 22.3 Å². The van der Waals surface area contributed by atoms with Gasteiger partial charge in [0.1, 0.15) is 0 Å². The van der Waals surface area contributed by atoms with Gasteiger partial charge in [-0.05, 0) is 199 Å². The van der Waals surface area contributed by atoms with Gasteiger partial charge in [-0.3, -0.25) is 0 Å². The standard InChI is InChI=1S/C70H76BN2S/c1-40-32-49-53(69(12,13)31-28-65(49,4)5)38-56(40)73-57-37-48-44(42-20-16-18-22-46(42)70(48,14)15)35-54(57)71-63-58(73)39-60-61(43-21-17-19-23-59(43)74-60)62(63)45-34-51-52(68(10,11)30-29-67(51,8)9)36-55(45)72-41-24-25-47-50(33-41)66(6,7)27-26-64(47,2)3/h16-25,32-39,72H,26-31H2,1-15H3. The molecule has 5 aliphatic rings. The van der Waals surface area contributed by atoms with Crippen molar-refractivity contribution in [2.24, 2.45) is 0 Å². The van der Waals surface area contributed by atoms with Crippen molar-refractivity contribution < 1.29 is 0 Å². The lowest BCUT2D eigenvalue weighted by Gasteiger charge is -2.44. The van der Waals surface area contributed by atoms with Crippen molar-refractivity contribution >= 4 is 78.2 Å². The number of aryl methyl sites for hydroxylation is 1. The number of hydrogen-bond donors (Lipinski definition) is 1. The van der Waals surface area contributed by atoms with E-state index in [1.54, 1.807) is 0 Å². The van der Waals surface area contributed by atoms with E-state index in [4.69, 9.17) is 0 Å². The van der Waals surface area contributed by atoms with E-state index in [0.29, 0.717) is 0 Å². The second-order valence-corrected chi connectivity index (χ2v) is 29.2. The molecule has 2 nitrogen and oxygen atoms in total. The van der Waals surface area contributed by atoms with Gasteiger partial charge in [-0.1, -0.05) is 163 Å². The highest BCUT2D eigenvalue weighted by atomic mass is 32.1. The van der Waals surface area contributed by atoms with Crippen molar-refractivity contribution in [3.63, 3.8) is 0 Å². The maximum Gasteiger partial charge on any atom is 0.197 e. The normalized spacial score (nSPS) is 20.3. The van der Waals surface area contributed by atoms with Gasteiger partial charge in [-0.25, -0.2) is 0 Å². The summed E-state index contributed by atoms with van der Waals surface area (Å²) >= 11 is 1.95. The number of nitrogens with one attached hydrogen (secondary N) is 1. The predicted octanol–water partition coefficient (Wildman–Crippen LogP) is 18.6. The quantitative estimate of drug-likeness (QED) is 0.177. The summed E-state index contributed by atoms with van der Waals surface area (Å²) in [6, 6.07) is 43.9. The monoisotopic (exact) mass is 988 g/mol. The van der Waals surface area contributed by atoms with Gasteiger partial charge in [-0.2, -0.15) is 0 Å². The van der Waals surface area contributed by atoms with E-state index in [1.807, 2.05) is 11.3 Å². The molecule has 2 heterocycles. The Morgan fingerprint density at radius 1 is 0.446 bits per heavy atom. The van der Waals surface area contributed by atoms with Crippen LogP contribution in [0, 0.1) is 6.92 Å². The topological polar surface area (TPSA) is 15.3 Å². The third-order valence-corrected chi connectivity index (χ3v) is 21.1. The minimum absolute atomic E-state index is 0.00809. The molecule has 0 unspecified atom stereocenters. The second-order valence-electron chi connectivity index (χ2n) is 28.1. The molecule has 7 aromatic carbocycles. The number of thiophene rings is 1. The van der Waals surface area contributed by atoms with Crippen LogP contribution in [0.2, 0.25) is 0 Å². The number of anilines is 5. The van der Waals surface area contributed by atoms with Crippen molar-refractivity contribution in [1.82, 2.24) is 0 Å². The molecular formula is C70H76BN2S. The first-order valence-electron chi connectivity index (χ1n) is 28.0. The zero-order valence-corrected chi connectivity index (χ0v) is 47.9. The molecule has 4 aliphatic carbocycles. The van der Waals surface area contributed by atoms with Crippen molar-refractivity contribution in [2.45, 2.75) is 180 Å². The Balaban J connectivity index is 1.14. The Bertz CT molecular complexity index is 3740. The third-order valence-electron chi connectivity index (χ3n) is 20.0. The average Bonchev–Trinajstić information content (AvgIpc) is 3.85. The molecule has 74 heavy (non-hydrogen) atoms. The maximum atomic E-state index is 4.27. The maximum absolute atomic E-state index is 4.27. The first kappa shape index (κ1) is 48.1. The highest BCUT2D eigenvalue weighted by molar-refractivity contribution is 7.26. The van der Waals surface area contributed by atoms with Crippen LogP contribution in [0.5, 0.6) is 0 Å². The molecule has 0 spiro atoms. The van der Waals surface area contributed by atoms with Gasteiger partial charge in [-0.15, -0.1) is 11.3 Å². The van der Waals surface area contributed by atoms with Crippen LogP contribution in [0.1, 0.15) is 186 Å². The van der Waals surface area contributed by atoms with Crippen LogP contribution in [0.4, 0.5) is 28.4 Å². The lowest BCUT2D eigenvalue weighted by atomic mass is 9.56. The second kappa shape index (κ2) is 15.5. The van der Waals surface area contributed by atoms with Gasteiger partial charge < -0.3 is 10.2 Å². The minimum atomic E-state index is -0.143. The Kier molecular flexibility index (Phi) is 10.1. The molecule has 1 aromatic heterocycles. The molecule has 375 valence electrons. The van der Waals surface area contributed by atoms with E-state index in [1.165, 1.54) is 158 Å². The van der Waals surface area contributed by atoms with E-state index < -0.39 is 0 Å². The third kappa shape index (κ3) is 6.94. The Morgan fingerprint density at radius 2 is 1.00 bits per heavy atom. The van der Waals surface area contributed by atoms with E-state index in [9.17, 15) is 0 Å². The van der Waals surface area contributed by atoms with E-state index >= 15 is 0 Å². The highest BCUT2D eigenvalue weighted by Crippen LogP contribution is 2.56. The molecular weight excluding hydrogens is 912 g/mol. The zero-order chi connectivity index (χ0) is 52.0.